The number of aromatic hydroxyl groups is 1. The molecule has 0 radical (unpaired) electrons. The van der Waals surface area contributed by atoms with Gasteiger partial charge in [0, 0.05) is 18.0 Å². The summed E-state index contributed by atoms with van der Waals surface area (Å²) in [6.45, 7) is 0. The van der Waals surface area contributed by atoms with E-state index in [4.69, 9.17) is 4.74 Å². The van der Waals surface area contributed by atoms with E-state index in [2.05, 4.69) is 10.3 Å². The van der Waals surface area contributed by atoms with Gasteiger partial charge in [-0.3, -0.25) is 9.79 Å². The van der Waals surface area contributed by atoms with Crippen LogP contribution in [0.15, 0.2) is 41.4 Å². The zero-order chi connectivity index (χ0) is 15.5. The van der Waals surface area contributed by atoms with Crippen molar-refractivity contribution in [1.29, 1.82) is 0 Å². The van der Waals surface area contributed by atoms with Crippen molar-refractivity contribution >= 4 is 23.5 Å². The highest BCUT2D eigenvalue weighted by Gasteiger charge is 2.17. The van der Waals surface area contributed by atoms with E-state index in [1.807, 2.05) is 24.3 Å². The number of benzene rings is 2. The Hall–Kier alpha value is -2.82. The van der Waals surface area contributed by atoms with E-state index >= 15 is 0 Å². The van der Waals surface area contributed by atoms with Crippen LogP contribution in [0.3, 0.4) is 0 Å². The van der Waals surface area contributed by atoms with Gasteiger partial charge in [-0.2, -0.15) is 0 Å². The van der Waals surface area contributed by atoms with Crippen LogP contribution >= 0.6 is 0 Å². The number of fused-ring (bicyclic) bond motifs is 2. The van der Waals surface area contributed by atoms with E-state index in [0.29, 0.717) is 11.3 Å². The molecule has 0 saturated carbocycles. The first-order valence-corrected chi connectivity index (χ1v) is 7.02. The molecule has 1 amide bonds. The van der Waals surface area contributed by atoms with E-state index in [9.17, 15) is 9.90 Å². The number of phenols is 1. The average molecular weight is 296 g/mol. The first kappa shape index (κ1) is 14.1. The molecule has 0 saturated heterocycles. The van der Waals surface area contributed by atoms with Gasteiger partial charge in [0.05, 0.1) is 18.4 Å². The third-order valence-electron chi connectivity index (χ3n) is 3.58. The molecule has 112 valence electrons. The van der Waals surface area contributed by atoms with Crippen molar-refractivity contribution < 1.29 is 14.6 Å². The van der Waals surface area contributed by atoms with E-state index in [0.717, 1.165) is 24.1 Å². The lowest BCUT2D eigenvalue weighted by Crippen LogP contribution is -2.14. The molecule has 0 bridgehead atoms. The number of ether oxygens (including phenoxy) is 1. The summed E-state index contributed by atoms with van der Waals surface area (Å²) in [6, 6.07) is 10.6. The summed E-state index contributed by atoms with van der Waals surface area (Å²) in [5.74, 6) is -0.0714. The molecular formula is C17H16N2O3. The third-order valence-corrected chi connectivity index (χ3v) is 3.58. The lowest BCUT2D eigenvalue weighted by Gasteiger charge is -2.14. The SMILES string of the molecule is COc1cc2c(cc1O)N=CCCc1ccccc1NC2=O. The Bertz CT molecular complexity index is 754. The summed E-state index contributed by atoms with van der Waals surface area (Å²) in [4.78, 5) is 16.8. The fourth-order valence-electron chi connectivity index (χ4n) is 2.44. The molecule has 2 aromatic carbocycles. The number of para-hydroxylation sites is 1. The zero-order valence-corrected chi connectivity index (χ0v) is 12.2. The fourth-order valence-corrected chi connectivity index (χ4v) is 2.44. The van der Waals surface area contributed by atoms with Gasteiger partial charge >= 0.3 is 0 Å². The maximum absolute atomic E-state index is 12.5. The molecule has 1 heterocycles. The third kappa shape index (κ3) is 2.65. The van der Waals surface area contributed by atoms with Crippen LogP contribution in [0.4, 0.5) is 11.4 Å². The van der Waals surface area contributed by atoms with Crippen molar-refractivity contribution in [3.8, 4) is 11.5 Å². The number of methoxy groups -OCH3 is 1. The minimum Gasteiger partial charge on any atom is -0.504 e. The Kier molecular flexibility index (Phi) is 3.78. The first-order valence-electron chi connectivity index (χ1n) is 7.02. The van der Waals surface area contributed by atoms with Gasteiger partial charge in [-0.05, 0) is 30.5 Å². The van der Waals surface area contributed by atoms with Crippen molar-refractivity contribution in [2.45, 2.75) is 12.8 Å². The molecule has 1 aliphatic rings. The number of nitrogens with zero attached hydrogens (tertiary/aromatic N) is 1. The lowest BCUT2D eigenvalue weighted by atomic mass is 10.1. The molecule has 3 rings (SSSR count). The topological polar surface area (TPSA) is 70.9 Å². The number of rotatable bonds is 1. The van der Waals surface area contributed by atoms with E-state index in [1.165, 1.54) is 19.2 Å². The van der Waals surface area contributed by atoms with Gasteiger partial charge in [-0.15, -0.1) is 0 Å². The summed E-state index contributed by atoms with van der Waals surface area (Å²) >= 11 is 0. The van der Waals surface area contributed by atoms with E-state index in [-0.39, 0.29) is 17.4 Å². The van der Waals surface area contributed by atoms with Crippen LogP contribution in [0.1, 0.15) is 22.3 Å². The molecule has 5 nitrogen and oxygen atoms in total. The van der Waals surface area contributed by atoms with Crippen LogP contribution in [0.2, 0.25) is 0 Å². The number of carbonyl (C=O) groups excluding carboxylic acids is 1. The molecule has 0 aliphatic carbocycles. The normalized spacial score (nSPS) is 13.8. The lowest BCUT2D eigenvalue weighted by molar-refractivity contribution is 0.102. The monoisotopic (exact) mass is 296 g/mol. The largest absolute Gasteiger partial charge is 0.504 e. The number of aliphatic imine (C=N–C) groups is 1. The van der Waals surface area contributed by atoms with Crippen molar-refractivity contribution in [3.05, 3.63) is 47.5 Å². The second-order valence-electron chi connectivity index (χ2n) is 5.00. The molecule has 5 heteroatoms. The van der Waals surface area contributed by atoms with Gasteiger partial charge in [-0.1, -0.05) is 18.2 Å². The molecule has 2 N–H and O–H groups in total. The van der Waals surface area contributed by atoms with Gasteiger partial charge in [0.2, 0.25) is 0 Å². The highest BCUT2D eigenvalue weighted by atomic mass is 16.5. The number of nitrogens with one attached hydrogen (secondary N) is 1. The van der Waals surface area contributed by atoms with E-state index < -0.39 is 0 Å². The molecule has 0 unspecified atom stereocenters. The van der Waals surface area contributed by atoms with Gasteiger partial charge in [-0.25, -0.2) is 0 Å². The maximum atomic E-state index is 12.5. The molecule has 2 aromatic rings. The standard InChI is InChI=1S/C17H16N2O3/c1-22-16-9-12-14(10-15(16)20)18-8-4-6-11-5-2-3-7-13(11)19-17(12)21/h2-3,5,7-10,20H,4,6H2,1H3,(H,19,21). The Morgan fingerprint density at radius 1 is 1.27 bits per heavy atom. The molecule has 1 aliphatic heterocycles. The van der Waals surface area contributed by atoms with Gasteiger partial charge in [0.25, 0.3) is 5.91 Å². The molecule has 22 heavy (non-hydrogen) atoms. The van der Waals surface area contributed by atoms with Crippen molar-refractivity contribution in [2.24, 2.45) is 4.99 Å². The Morgan fingerprint density at radius 2 is 2.09 bits per heavy atom. The van der Waals surface area contributed by atoms with Crippen LogP contribution < -0.4 is 10.1 Å². The molecule has 0 fully saturated rings. The predicted octanol–water partition coefficient (Wildman–Crippen LogP) is 3.30. The Balaban J connectivity index is 2.09. The summed E-state index contributed by atoms with van der Waals surface area (Å²) in [5.41, 5.74) is 2.65. The van der Waals surface area contributed by atoms with Crippen LogP contribution in [-0.2, 0) is 6.42 Å². The molecular weight excluding hydrogens is 280 g/mol. The molecule has 0 aromatic heterocycles. The molecule has 0 atom stereocenters. The fraction of sp³-hybridized carbons (Fsp3) is 0.176. The maximum Gasteiger partial charge on any atom is 0.258 e. The second-order valence-corrected chi connectivity index (χ2v) is 5.00. The van der Waals surface area contributed by atoms with Gasteiger partial charge in [0.15, 0.2) is 11.5 Å². The Morgan fingerprint density at radius 3 is 2.91 bits per heavy atom. The van der Waals surface area contributed by atoms with E-state index in [1.54, 1.807) is 6.21 Å². The van der Waals surface area contributed by atoms with Crippen molar-refractivity contribution in [2.75, 3.05) is 12.4 Å². The summed E-state index contributed by atoms with van der Waals surface area (Å²) in [6.07, 6.45) is 3.30. The number of aryl methyl sites for hydroxylation is 1. The number of hydrogen-bond donors (Lipinski definition) is 2. The van der Waals surface area contributed by atoms with Gasteiger partial charge in [0.1, 0.15) is 0 Å². The van der Waals surface area contributed by atoms with Crippen LogP contribution in [0.25, 0.3) is 0 Å². The number of amides is 1. The van der Waals surface area contributed by atoms with Crippen molar-refractivity contribution in [1.82, 2.24) is 0 Å². The number of carbonyl (C=O) groups is 1. The minimum absolute atomic E-state index is 0.0383. The Labute approximate surface area is 128 Å². The number of anilines is 1. The molecule has 0 spiro atoms. The quantitative estimate of drug-likeness (QED) is 0.848. The average Bonchev–Trinajstić information content (AvgIpc) is 2.52. The minimum atomic E-state index is -0.278. The highest BCUT2D eigenvalue weighted by molar-refractivity contribution is 6.09. The number of phenolic OH excluding ortho intramolecular Hbond substituents is 1. The smallest absolute Gasteiger partial charge is 0.258 e. The first-order chi connectivity index (χ1) is 10.7. The second kappa shape index (κ2) is 5.89. The van der Waals surface area contributed by atoms with Gasteiger partial charge < -0.3 is 15.2 Å². The summed E-state index contributed by atoms with van der Waals surface area (Å²) < 4.78 is 5.07. The van der Waals surface area contributed by atoms with Crippen molar-refractivity contribution in [3.63, 3.8) is 0 Å². The van der Waals surface area contributed by atoms with Crippen LogP contribution in [0.5, 0.6) is 11.5 Å². The van der Waals surface area contributed by atoms with Crippen LogP contribution in [0, 0.1) is 0 Å². The predicted molar refractivity (Wildman–Crippen MR) is 85.5 cm³/mol. The highest BCUT2D eigenvalue weighted by Crippen LogP contribution is 2.35. The zero-order valence-electron chi connectivity index (χ0n) is 12.2. The summed E-state index contributed by atoms with van der Waals surface area (Å²) in [7, 11) is 1.44. The van der Waals surface area contributed by atoms with Crippen LogP contribution in [-0.4, -0.2) is 24.3 Å². The number of hydrogen-bond acceptors (Lipinski definition) is 4. The summed E-state index contributed by atoms with van der Waals surface area (Å²) in [5, 5.41) is 12.8.